The van der Waals surface area contributed by atoms with Crippen LogP contribution in [0.2, 0.25) is 0 Å². The maximum atomic E-state index is 10.2. The molecule has 26 heavy (non-hydrogen) atoms. The van der Waals surface area contributed by atoms with Gasteiger partial charge in [-0.25, -0.2) is 4.99 Å². The lowest BCUT2D eigenvalue weighted by atomic mass is 9.93. The summed E-state index contributed by atoms with van der Waals surface area (Å²) in [5.41, 5.74) is 4.07. The molecular formula is C18H18N4O4. The van der Waals surface area contributed by atoms with Gasteiger partial charge in [0.15, 0.2) is 16.9 Å². The van der Waals surface area contributed by atoms with E-state index in [-0.39, 0.29) is 18.5 Å². The summed E-state index contributed by atoms with van der Waals surface area (Å²) < 4.78 is 22.6. The molecule has 2 N–H and O–H groups in total. The number of fused-ring (bicyclic) bond motifs is 2. The summed E-state index contributed by atoms with van der Waals surface area (Å²) in [7, 11) is 3.03. The first kappa shape index (κ1) is 16.6. The van der Waals surface area contributed by atoms with Crippen LogP contribution in [0.25, 0.3) is 0 Å². The van der Waals surface area contributed by atoms with Gasteiger partial charge in [-0.2, -0.15) is 10.5 Å². The van der Waals surface area contributed by atoms with Crippen LogP contribution in [0.1, 0.15) is 18.4 Å². The van der Waals surface area contributed by atoms with E-state index < -0.39 is 22.7 Å². The fourth-order valence-corrected chi connectivity index (χ4v) is 4.47. The number of amidine groups is 1. The quantitative estimate of drug-likeness (QED) is 0.867. The van der Waals surface area contributed by atoms with E-state index in [0.29, 0.717) is 17.1 Å². The van der Waals surface area contributed by atoms with Crippen molar-refractivity contribution in [2.45, 2.75) is 24.9 Å². The van der Waals surface area contributed by atoms with Crippen LogP contribution in [0.15, 0.2) is 23.2 Å². The largest absolute Gasteiger partial charge is 0.493 e. The van der Waals surface area contributed by atoms with Crippen molar-refractivity contribution >= 4 is 5.84 Å². The molecule has 0 amide bonds. The molecule has 3 aliphatic rings. The molecule has 1 aromatic carbocycles. The predicted molar refractivity (Wildman–Crippen MR) is 89.2 cm³/mol. The molecule has 8 nitrogen and oxygen atoms in total. The number of ether oxygens (including phenoxy) is 4. The Morgan fingerprint density at radius 1 is 1.27 bits per heavy atom. The number of para-hydroxylation sites is 1. The van der Waals surface area contributed by atoms with E-state index in [4.69, 9.17) is 24.7 Å². The molecule has 8 heteroatoms. The first-order chi connectivity index (χ1) is 12.5. The molecule has 1 aliphatic carbocycles. The van der Waals surface area contributed by atoms with Crippen molar-refractivity contribution in [3.8, 4) is 23.6 Å². The fraction of sp³-hybridized carbons (Fsp3) is 0.500. The first-order valence-corrected chi connectivity index (χ1v) is 8.19. The number of hydrogen-bond donors (Lipinski definition) is 1. The molecule has 1 spiro atoms. The molecular weight excluding hydrogens is 336 g/mol. The lowest BCUT2D eigenvalue weighted by molar-refractivity contribution is -0.193. The van der Waals surface area contributed by atoms with Gasteiger partial charge in [-0.3, -0.25) is 0 Å². The van der Waals surface area contributed by atoms with E-state index in [9.17, 15) is 10.5 Å². The van der Waals surface area contributed by atoms with E-state index >= 15 is 0 Å². The van der Waals surface area contributed by atoms with Crippen LogP contribution in [-0.2, 0) is 9.47 Å². The van der Waals surface area contributed by atoms with Crippen molar-refractivity contribution in [2.75, 3.05) is 20.8 Å². The van der Waals surface area contributed by atoms with Gasteiger partial charge in [-0.1, -0.05) is 12.1 Å². The van der Waals surface area contributed by atoms with Gasteiger partial charge in [0.05, 0.1) is 39.1 Å². The summed E-state index contributed by atoms with van der Waals surface area (Å²) in [5.74, 6) is -1.20. The van der Waals surface area contributed by atoms with Crippen molar-refractivity contribution < 1.29 is 18.9 Å². The van der Waals surface area contributed by atoms with Gasteiger partial charge in [-0.05, 0) is 13.0 Å². The van der Waals surface area contributed by atoms with Gasteiger partial charge in [0.2, 0.25) is 0 Å². The summed E-state index contributed by atoms with van der Waals surface area (Å²) in [5, 5.41) is 20.2. The van der Waals surface area contributed by atoms with E-state index in [1.807, 2.05) is 6.92 Å². The minimum atomic E-state index is -1.58. The molecule has 5 atom stereocenters. The van der Waals surface area contributed by atoms with Gasteiger partial charge in [0.1, 0.15) is 11.3 Å². The minimum absolute atomic E-state index is 0.0468. The zero-order valence-corrected chi connectivity index (χ0v) is 14.6. The number of hydrogen-bond acceptors (Lipinski definition) is 8. The van der Waals surface area contributed by atoms with Crippen molar-refractivity contribution in [2.24, 2.45) is 21.6 Å². The van der Waals surface area contributed by atoms with Crippen molar-refractivity contribution in [3.05, 3.63) is 23.8 Å². The third-order valence-corrected chi connectivity index (χ3v) is 5.55. The summed E-state index contributed by atoms with van der Waals surface area (Å²) in [6, 6.07) is 9.81. The Kier molecular flexibility index (Phi) is 3.27. The molecule has 0 radical (unpaired) electrons. The standard InChI is InChI=1S/C18H18N4O4/c1-10-7-25-18(26-10)17(9-20)14(16(17,8-19)15(21)22-18)11-5-4-6-12(23-2)13(11)24-3/h4-6,10,14H,7H2,1-3H3,(H2,21,22). The Morgan fingerprint density at radius 3 is 2.58 bits per heavy atom. The molecule has 134 valence electrons. The summed E-state index contributed by atoms with van der Waals surface area (Å²) in [4.78, 5) is 4.29. The highest BCUT2D eigenvalue weighted by molar-refractivity contribution is 6.00. The molecule has 4 rings (SSSR count). The second kappa shape index (κ2) is 5.10. The average molecular weight is 354 g/mol. The monoisotopic (exact) mass is 354 g/mol. The Hall–Kier alpha value is -2.81. The zero-order chi connectivity index (χ0) is 18.7. The molecule has 2 fully saturated rings. The van der Waals surface area contributed by atoms with E-state index in [1.165, 1.54) is 14.2 Å². The summed E-state index contributed by atoms with van der Waals surface area (Å²) in [6.45, 7) is 2.09. The maximum absolute atomic E-state index is 10.2. The normalized spacial score (nSPS) is 39.7. The number of nitriles is 2. The van der Waals surface area contributed by atoms with E-state index in [0.717, 1.165) is 0 Å². The number of nitrogens with zero attached hydrogens (tertiary/aromatic N) is 3. The maximum Gasteiger partial charge on any atom is 0.293 e. The molecule has 5 unspecified atom stereocenters. The average Bonchev–Trinajstić information content (AvgIpc) is 3.04. The van der Waals surface area contributed by atoms with E-state index in [1.54, 1.807) is 18.2 Å². The molecule has 2 aliphatic heterocycles. The van der Waals surface area contributed by atoms with Gasteiger partial charge in [-0.15, -0.1) is 0 Å². The summed E-state index contributed by atoms with van der Waals surface area (Å²) >= 11 is 0. The Labute approximate surface area is 150 Å². The number of aliphatic imine (C=N–C) groups is 1. The smallest absolute Gasteiger partial charge is 0.293 e. The van der Waals surface area contributed by atoms with Crippen molar-refractivity contribution in [1.82, 2.24) is 0 Å². The van der Waals surface area contributed by atoms with Crippen LogP contribution in [0.5, 0.6) is 11.5 Å². The Balaban J connectivity index is 1.95. The lowest BCUT2D eigenvalue weighted by Gasteiger charge is -2.26. The topological polar surface area (TPSA) is 123 Å². The first-order valence-electron chi connectivity index (χ1n) is 8.19. The van der Waals surface area contributed by atoms with Crippen LogP contribution in [0.3, 0.4) is 0 Å². The second-order valence-corrected chi connectivity index (χ2v) is 6.67. The summed E-state index contributed by atoms with van der Waals surface area (Å²) in [6.07, 6.45) is -0.264. The lowest BCUT2D eigenvalue weighted by Crippen LogP contribution is -2.39. The van der Waals surface area contributed by atoms with Gasteiger partial charge < -0.3 is 24.7 Å². The number of methoxy groups -OCH3 is 2. The molecule has 0 bridgehead atoms. The molecule has 1 saturated carbocycles. The van der Waals surface area contributed by atoms with Gasteiger partial charge >= 0.3 is 0 Å². The SMILES string of the molecule is COc1cccc(C2C3(C#N)C(N)=NC4(OCC(C)O4)C23C#N)c1OC. The van der Waals surface area contributed by atoms with Crippen LogP contribution in [-0.4, -0.2) is 38.7 Å². The third kappa shape index (κ3) is 1.53. The molecule has 2 heterocycles. The van der Waals surface area contributed by atoms with Crippen LogP contribution in [0.4, 0.5) is 0 Å². The fourth-order valence-electron chi connectivity index (χ4n) is 4.47. The zero-order valence-electron chi connectivity index (χ0n) is 14.6. The molecule has 0 aromatic heterocycles. The van der Waals surface area contributed by atoms with Crippen molar-refractivity contribution in [1.29, 1.82) is 10.5 Å². The molecule has 1 saturated heterocycles. The highest BCUT2D eigenvalue weighted by atomic mass is 16.8. The van der Waals surface area contributed by atoms with Crippen LogP contribution in [0, 0.1) is 33.5 Å². The minimum Gasteiger partial charge on any atom is -0.493 e. The number of nitrogens with two attached hydrogens (primary N) is 1. The predicted octanol–water partition coefficient (Wildman–Crippen LogP) is 1.28. The Morgan fingerprint density at radius 2 is 2.04 bits per heavy atom. The van der Waals surface area contributed by atoms with Gasteiger partial charge in [0, 0.05) is 11.5 Å². The van der Waals surface area contributed by atoms with E-state index in [2.05, 4.69) is 17.1 Å². The third-order valence-electron chi connectivity index (χ3n) is 5.55. The van der Waals surface area contributed by atoms with Crippen LogP contribution < -0.4 is 15.2 Å². The highest BCUT2D eigenvalue weighted by Gasteiger charge is 2.94. The highest BCUT2D eigenvalue weighted by Crippen LogP contribution is 2.83. The Bertz CT molecular complexity index is 903. The second-order valence-electron chi connectivity index (χ2n) is 6.67. The van der Waals surface area contributed by atoms with Crippen LogP contribution >= 0.6 is 0 Å². The number of benzene rings is 1. The van der Waals surface area contributed by atoms with Gasteiger partial charge in [0.25, 0.3) is 5.91 Å². The number of rotatable bonds is 3. The molecule has 1 aromatic rings. The van der Waals surface area contributed by atoms with Crippen molar-refractivity contribution in [3.63, 3.8) is 0 Å².